The normalized spacial score (nSPS) is 23.0. The van der Waals surface area contributed by atoms with Gasteiger partial charge in [-0.25, -0.2) is 9.59 Å². The van der Waals surface area contributed by atoms with Gasteiger partial charge in [0.1, 0.15) is 6.04 Å². The van der Waals surface area contributed by atoms with E-state index in [1.165, 1.54) is 4.90 Å². The molecule has 2 rings (SSSR count). The first-order valence-corrected chi connectivity index (χ1v) is 8.26. The van der Waals surface area contributed by atoms with E-state index in [1.54, 1.807) is 11.3 Å². The fourth-order valence-electron chi connectivity index (χ4n) is 2.85. The highest BCUT2D eigenvalue weighted by molar-refractivity contribution is 7.10. The molecule has 116 valence electrons. The van der Waals surface area contributed by atoms with Crippen molar-refractivity contribution in [2.24, 2.45) is 5.92 Å². The van der Waals surface area contributed by atoms with Crippen molar-refractivity contribution >= 4 is 23.3 Å². The van der Waals surface area contributed by atoms with Gasteiger partial charge in [0, 0.05) is 11.4 Å². The van der Waals surface area contributed by atoms with Crippen molar-refractivity contribution < 1.29 is 14.7 Å². The molecule has 0 spiro atoms. The maximum atomic E-state index is 12.4. The number of rotatable bonds is 5. The number of carbonyl (C=O) groups is 2. The summed E-state index contributed by atoms with van der Waals surface area (Å²) in [7, 11) is 0. The van der Waals surface area contributed by atoms with Gasteiger partial charge in [-0.2, -0.15) is 0 Å². The number of amides is 2. The number of nitrogens with one attached hydrogen (secondary N) is 1. The number of hydrogen-bond acceptors (Lipinski definition) is 3. The summed E-state index contributed by atoms with van der Waals surface area (Å²) in [6.07, 6.45) is 2.55. The number of nitrogens with zero attached hydrogens (tertiary/aromatic N) is 1. The quantitative estimate of drug-likeness (QED) is 0.878. The van der Waals surface area contributed by atoms with E-state index in [9.17, 15) is 14.7 Å². The first kappa shape index (κ1) is 15.8. The Morgan fingerprint density at radius 2 is 2.33 bits per heavy atom. The van der Waals surface area contributed by atoms with Crippen LogP contribution >= 0.6 is 11.3 Å². The van der Waals surface area contributed by atoms with E-state index in [2.05, 4.69) is 12.2 Å². The van der Waals surface area contributed by atoms with Gasteiger partial charge in [0.2, 0.25) is 0 Å². The van der Waals surface area contributed by atoms with Crippen molar-refractivity contribution in [3.63, 3.8) is 0 Å². The van der Waals surface area contributed by atoms with Gasteiger partial charge in [0.25, 0.3) is 0 Å². The highest BCUT2D eigenvalue weighted by atomic mass is 32.1. The van der Waals surface area contributed by atoms with Crippen LogP contribution in [0.4, 0.5) is 4.79 Å². The minimum atomic E-state index is -0.918. The molecule has 0 aliphatic carbocycles. The Hall–Kier alpha value is -1.56. The minimum Gasteiger partial charge on any atom is -0.480 e. The SMILES string of the molecule is CCCC(NC(=O)N1CCC(C)C1C(=O)O)c1cccs1. The smallest absolute Gasteiger partial charge is 0.326 e. The number of hydrogen-bond donors (Lipinski definition) is 2. The molecule has 1 aliphatic heterocycles. The summed E-state index contributed by atoms with van der Waals surface area (Å²) in [5.41, 5.74) is 0. The van der Waals surface area contributed by atoms with Crippen molar-refractivity contribution in [2.45, 2.75) is 45.2 Å². The second-order valence-electron chi connectivity index (χ2n) is 5.55. The van der Waals surface area contributed by atoms with Crippen molar-refractivity contribution in [1.29, 1.82) is 0 Å². The number of urea groups is 1. The molecule has 21 heavy (non-hydrogen) atoms. The van der Waals surface area contributed by atoms with Crippen LogP contribution in [0.5, 0.6) is 0 Å². The van der Waals surface area contributed by atoms with E-state index >= 15 is 0 Å². The van der Waals surface area contributed by atoms with Gasteiger partial charge < -0.3 is 15.3 Å². The summed E-state index contributed by atoms with van der Waals surface area (Å²) in [6.45, 7) is 4.47. The number of carboxylic acid groups (broad SMARTS) is 1. The molecule has 2 amide bonds. The van der Waals surface area contributed by atoms with Crippen LogP contribution in [0, 0.1) is 5.92 Å². The molecule has 1 aliphatic rings. The number of thiophene rings is 1. The molecule has 2 N–H and O–H groups in total. The van der Waals surface area contributed by atoms with Crippen LogP contribution < -0.4 is 5.32 Å². The van der Waals surface area contributed by atoms with E-state index in [0.29, 0.717) is 6.54 Å². The Labute approximate surface area is 129 Å². The standard InChI is InChI=1S/C15H22N2O3S/c1-3-5-11(12-6-4-9-21-12)16-15(20)17-8-7-10(2)13(17)14(18)19/h4,6,9-11,13H,3,5,7-8H2,1-2H3,(H,16,20)(H,18,19). The molecule has 5 nitrogen and oxygen atoms in total. The minimum absolute atomic E-state index is 0.000358. The zero-order valence-corrected chi connectivity index (χ0v) is 13.2. The van der Waals surface area contributed by atoms with E-state index in [-0.39, 0.29) is 18.0 Å². The van der Waals surface area contributed by atoms with Crippen LogP contribution in [0.3, 0.4) is 0 Å². The van der Waals surface area contributed by atoms with Crippen LogP contribution in [-0.2, 0) is 4.79 Å². The molecule has 3 atom stereocenters. The summed E-state index contributed by atoms with van der Waals surface area (Å²) in [6, 6.07) is 2.96. The molecule has 0 bridgehead atoms. The number of aliphatic carboxylic acids is 1. The highest BCUT2D eigenvalue weighted by Gasteiger charge is 2.40. The van der Waals surface area contributed by atoms with Crippen LogP contribution in [0.1, 0.15) is 44.0 Å². The first-order valence-electron chi connectivity index (χ1n) is 7.38. The number of carboxylic acids is 1. The van der Waals surface area contributed by atoms with Gasteiger partial charge >= 0.3 is 12.0 Å². The lowest BCUT2D eigenvalue weighted by atomic mass is 10.0. The van der Waals surface area contributed by atoms with Gasteiger partial charge in [-0.3, -0.25) is 0 Å². The molecular weight excluding hydrogens is 288 g/mol. The molecular formula is C15H22N2O3S. The molecule has 1 saturated heterocycles. The van der Waals surface area contributed by atoms with E-state index in [4.69, 9.17) is 0 Å². The first-order chi connectivity index (χ1) is 10.0. The summed E-state index contributed by atoms with van der Waals surface area (Å²) < 4.78 is 0. The number of likely N-dealkylation sites (tertiary alicyclic amines) is 1. The van der Waals surface area contributed by atoms with Crippen LogP contribution in [0.15, 0.2) is 17.5 Å². The molecule has 3 unspecified atom stereocenters. The number of carbonyl (C=O) groups excluding carboxylic acids is 1. The average molecular weight is 310 g/mol. The molecule has 2 heterocycles. The fourth-order valence-corrected chi connectivity index (χ4v) is 3.66. The van der Waals surface area contributed by atoms with Crippen molar-refractivity contribution in [1.82, 2.24) is 10.2 Å². The van der Waals surface area contributed by atoms with E-state index in [0.717, 1.165) is 24.1 Å². The topological polar surface area (TPSA) is 69.6 Å². The molecule has 0 radical (unpaired) electrons. The van der Waals surface area contributed by atoms with Gasteiger partial charge in [0.05, 0.1) is 6.04 Å². The highest BCUT2D eigenvalue weighted by Crippen LogP contribution is 2.27. The monoisotopic (exact) mass is 310 g/mol. The molecule has 0 aromatic carbocycles. The fraction of sp³-hybridized carbons (Fsp3) is 0.600. The van der Waals surface area contributed by atoms with Gasteiger partial charge in [-0.15, -0.1) is 11.3 Å². The Morgan fingerprint density at radius 3 is 2.90 bits per heavy atom. The zero-order valence-electron chi connectivity index (χ0n) is 12.4. The summed E-state index contributed by atoms with van der Waals surface area (Å²) in [5.74, 6) is -0.919. The van der Waals surface area contributed by atoms with Crippen molar-refractivity contribution in [2.75, 3.05) is 6.54 Å². The average Bonchev–Trinajstić information content (AvgIpc) is 3.06. The van der Waals surface area contributed by atoms with Gasteiger partial charge in [0.15, 0.2) is 0 Å². The summed E-state index contributed by atoms with van der Waals surface area (Å²) in [4.78, 5) is 26.4. The zero-order chi connectivity index (χ0) is 15.4. The van der Waals surface area contributed by atoms with Crippen LogP contribution in [0.2, 0.25) is 0 Å². The molecule has 1 fully saturated rings. The lowest BCUT2D eigenvalue weighted by Gasteiger charge is -2.26. The van der Waals surface area contributed by atoms with E-state index < -0.39 is 12.0 Å². The largest absolute Gasteiger partial charge is 0.480 e. The predicted octanol–water partition coefficient (Wildman–Crippen LogP) is 3.09. The second-order valence-corrected chi connectivity index (χ2v) is 6.53. The summed E-state index contributed by atoms with van der Waals surface area (Å²) >= 11 is 1.61. The third-order valence-corrected chi connectivity index (χ3v) is 4.96. The summed E-state index contributed by atoms with van der Waals surface area (Å²) in [5, 5.41) is 14.3. The lowest BCUT2D eigenvalue weighted by Crippen LogP contribution is -2.48. The maximum absolute atomic E-state index is 12.4. The molecule has 1 aromatic heterocycles. The molecule has 6 heteroatoms. The lowest BCUT2D eigenvalue weighted by molar-refractivity contribution is -0.142. The Kier molecular flexibility index (Phi) is 5.22. The second kappa shape index (κ2) is 6.93. The molecule has 1 aromatic rings. The third kappa shape index (κ3) is 3.56. The van der Waals surface area contributed by atoms with Crippen molar-refractivity contribution in [3.05, 3.63) is 22.4 Å². The van der Waals surface area contributed by atoms with Crippen LogP contribution in [0.25, 0.3) is 0 Å². The Bertz CT molecular complexity index is 489. The Balaban J connectivity index is 2.07. The van der Waals surface area contributed by atoms with Crippen LogP contribution in [-0.4, -0.2) is 34.6 Å². The van der Waals surface area contributed by atoms with E-state index in [1.807, 2.05) is 24.4 Å². The third-order valence-electron chi connectivity index (χ3n) is 3.98. The van der Waals surface area contributed by atoms with Gasteiger partial charge in [-0.1, -0.05) is 26.3 Å². The molecule has 0 saturated carbocycles. The maximum Gasteiger partial charge on any atom is 0.326 e. The Morgan fingerprint density at radius 1 is 1.57 bits per heavy atom. The van der Waals surface area contributed by atoms with Crippen molar-refractivity contribution in [3.8, 4) is 0 Å². The predicted molar refractivity (Wildman–Crippen MR) is 82.4 cm³/mol. The van der Waals surface area contributed by atoms with Gasteiger partial charge in [-0.05, 0) is 30.2 Å².